The molecule has 6 nitrogen and oxygen atoms in total. The van der Waals surface area contributed by atoms with E-state index >= 15 is 0 Å². The summed E-state index contributed by atoms with van der Waals surface area (Å²) in [6.07, 6.45) is 1.67. The first-order chi connectivity index (χ1) is 13.2. The van der Waals surface area contributed by atoms with Gasteiger partial charge in [0.05, 0.1) is 37.1 Å². The van der Waals surface area contributed by atoms with E-state index in [0.29, 0.717) is 22.4 Å². The Balaban J connectivity index is 2.03. The standard InChI is InChI=1S/C21H16N2O4/c1-26-18-10-6-5-9-15(18)20(24)17-11-16(21(25)27-2)19-14-8-4-3-7-13(14)12-22-23(17)19/h3-12H,1-2H3. The van der Waals surface area contributed by atoms with Gasteiger partial charge in [0.25, 0.3) is 0 Å². The average Bonchev–Trinajstić information content (AvgIpc) is 3.12. The molecule has 0 amide bonds. The number of ketones is 1. The second-order valence-corrected chi connectivity index (χ2v) is 5.96. The van der Waals surface area contributed by atoms with Gasteiger partial charge < -0.3 is 9.47 Å². The number of fused-ring (bicyclic) bond motifs is 3. The van der Waals surface area contributed by atoms with Crippen molar-refractivity contribution in [2.45, 2.75) is 0 Å². The molecule has 0 aliphatic rings. The van der Waals surface area contributed by atoms with Gasteiger partial charge in [0.2, 0.25) is 5.78 Å². The van der Waals surface area contributed by atoms with Gasteiger partial charge in [-0.1, -0.05) is 36.4 Å². The molecule has 2 heterocycles. The predicted octanol–water partition coefficient (Wildman–Crippen LogP) is 3.51. The lowest BCUT2D eigenvalue weighted by Gasteiger charge is -2.07. The summed E-state index contributed by atoms with van der Waals surface area (Å²) >= 11 is 0. The van der Waals surface area contributed by atoms with E-state index < -0.39 is 5.97 Å². The van der Waals surface area contributed by atoms with Crippen LogP contribution in [0.2, 0.25) is 0 Å². The number of benzene rings is 2. The van der Waals surface area contributed by atoms with Gasteiger partial charge in [-0.15, -0.1) is 0 Å². The second-order valence-electron chi connectivity index (χ2n) is 5.96. The number of hydrogen-bond acceptors (Lipinski definition) is 5. The predicted molar refractivity (Wildman–Crippen MR) is 100 cm³/mol. The summed E-state index contributed by atoms with van der Waals surface area (Å²) in [6, 6.07) is 16.0. The van der Waals surface area contributed by atoms with Gasteiger partial charge in [-0.2, -0.15) is 5.10 Å². The Kier molecular flexibility index (Phi) is 4.08. The van der Waals surface area contributed by atoms with Gasteiger partial charge >= 0.3 is 5.97 Å². The number of methoxy groups -OCH3 is 2. The van der Waals surface area contributed by atoms with Crippen molar-refractivity contribution in [3.05, 3.63) is 77.6 Å². The number of carbonyl (C=O) groups excluding carboxylic acids is 2. The minimum atomic E-state index is -0.523. The van der Waals surface area contributed by atoms with Crippen molar-refractivity contribution in [2.24, 2.45) is 0 Å². The highest BCUT2D eigenvalue weighted by molar-refractivity contribution is 6.15. The van der Waals surface area contributed by atoms with Crippen LogP contribution in [-0.2, 0) is 4.74 Å². The minimum Gasteiger partial charge on any atom is -0.496 e. The van der Waals surface area contributed by atoms with Crippen LogP contribution in [0.5, 0.6) is 5.75 Å². The summed E-state index contributed by atoms with van der Waals surface area (Å²) in [7, 11) is 2.82. The van der Waals surface area contributed by atoms with Crippen molar-refractivity contribution in [1.29, 1.82) is 0 Å². The highest BCUT2D eigenvalue weighted by Gasteiger charge is 2.25. The van der Waals surface area contributed by atoms with E-state index in [1.165, 1.54) is 24.8 Å². The molecule has 0 saturated carbocycles. The van der Waals surface area contributed by atoms with Crippen molar-refractivity contribution in [3.8, 4) is 5.75 Å². The van der Waals surface area contributed by atoms with Crippen LogP contribution in [-0.4, -0.2) is 35.6 Å². The number of esters is 1. The lowest BCUT2D eigenvalue weighted by molar-refractivity contribution is 0.0603. The molecule has 0 spiro atoms. The summed E-state index contributed by atoms with van der Waals surface area (Å²) in [5.41, 5.74) is 1.49. The molecule has 0 bridgehead atoms. The molecule has 0 radical (unpaired) electrons. The number of ether oxygens (including phenoxy) is 2. The van der Waals surface area contributed by atoms with Crippen molar-refractivity contribution in [2.75, 3.05) is 14.2 Å². The average molecular weight is 360 g/mol. The molecule has 0 fully saturated rings. The van der Waals surface area contributed by atoms with Crippen LogP contribution in [0.15, 0.2) is 60.8 Å². The zero-order valence-corrected chi connectivity index (χ0v) is 14.8. The fourth-order valence-electron chi connectivity index (χ4n) is 3.22. The van der Waals surface area contributed by atoms with Crippen LogP contribution in [0.3, 0.4) is 0 Å². The molecule has 4 rings (SSSR count). The summed E-state index contributed by atoms with van der Waals surface area (Å²) in [5, 5.41) is 6.07. The lowest BCUT2D eigenvalue weighted by atomic mass is 10.1. The van der Waals surface area contributed by atoms with Gasteiger partial charge in [-0.25, -0.2) is 9.31 Å². The normalized spacial score (nSPS) is 10.9. The van der Waals surface area contributed by atoms with Crippen molar-refractivity contribution in [3.63, 3.8) is 0 Å². The van der Waals surface area contributed by atoms with Crippen LogP contribution in [0.25, 0.3) is 16.3 Å². The molecule has 2 aromatic heterocycles. The molecular weight excluding hydrogens is 344 g/mol. The van der Waals surface area contributed by atoms with Gasteiger partial charge in [0.15, 0.2) is 0 Å². The first-order valence-electron chi connectivity index (χ1n) is 8.31. The zero-order chi connectivity index (χ0) is 19.0. The summed E-state index contributed by atoms with van der Waals surface area (Å²) in [4.78, 5) is 25.6. The Labute approximate surface area is 154 Å². The summed E-state index contributed by atoms with van der Waals surface area (Å²) in [5.74, 6) is -0.358. The third-order valence-electron chi connectivity index (χ3n) is 4.49. The van der Waals surface area contributed by atoms with E-state index in [1.54, 1.807) is 30.5 Å². The third-order valence-corrected chi connectivity index (χ3v) is 4.49. The first-order valence-corrected chi connectivity index (χ1v) is 8.31. The Morgan fingerprint density at radius 2 is 1.70 bits per heavy atom. The van der Waals surface area contributed by atoms with Crippen molar-refractivity contribution in [1.82, 2.24) is 9.61 Å². The molecule has 0 saturated heterocycles. The largest absolute Gasteiger partial charge is 0.496 e. The maximum Gasteiger partial charge on any atom is 0.340 e. The minimum absolute atomic E-state index is 0.264. The quantitative estimate of drug-likeness (QED) is 0.411. The van der Waals surface area contributed by atoms with Crippen LogP contribution in [0.1, 0.15) is 26.4 Å². The maximum atomic E-state index is 13.2. The highest BCUT2D eigenvalue weighted by Crippen LogP contribution is 2.28. The van der Waals surface area contributed by atoms with Gasteiger partial charge in [-0.05, 0) is 18.2 Å². The third kappa shape index (κ3) is 2.62. The fourth-order valence-corrected chi connectivity index (χ4v) is 3.22. The van der Waals surface area contributed by atoms with Crippen LogP contribution < -0.4 is 4.74 Å². The molecule has 4 aromatic rings. The molecule has 0 aliphatic heterocycles. The molecule has 0 unspecified atom stereocenters. The van der Waals surface area contributed by atoms with E-state index in [2.05, 4.69) is 5.10 Å². The van der Waals surface area contributed by atoms with Crippen LogP contribution in [0, 0.1) is 0 Å². The van der Waals surface area contributed by atoms with E-state index in [-0.39, 0.29) is 11.5 Å². The summed E-state index contributed by atoms with van der Waals surface area (Å²) < 4.78 is 11.7. The maximum absolute atomic E-state index is 13.2. The van der Waals surface area contributed by atoms with Gasteiger partial charge in [0, 0.05) is 10.8 Å². The number of hydrogen-bond donors (Lipinski definition) is 0. The zero-order valence-electron chi connectivity index (χ0n) is 14.8. The number of nitrogens with zero attached hydrogens (tertiary/aromatic N) is 2. The second kappa shape index (κ2) is 6.57. The molecule has 6 heteroatoms. The van der Waals surface area contributed by atoms with E-state index in [1.807, 2.05) is 24.3 Å². The first kappa shape index (κ1) is 16.8. The monoisotopic (exact) mass is 360 g/mol. The molecule has 27 heavy (non-hydrogen) atoms. The molecule has 0 atom stereocenters. The number of aromatic nitrogens is 2. The molecule has 134 valence electrons. The van der Waals surface area contributed by atoms with Gasteiger partial charge in [-0.3, -0.25) is 4.79 Å². The number of rotatable bonds is 4. The highest BCUT2D eigenvalue weighted by atomic mass is 16.5. The number of carbonyl (C=O) groups is 2. The van der Waals surface area contributed by atoms with Crippen LogP contribution >= 0.6 is 0 Å². The Hall–Kier alpha value is -3.67. The molecular formula is C21H16N2O4. The van der Waals surface area contributed by atoms with Gasteiger partial charge in [0.1, 0.15) is 11.4 Å². The molecule has 2 aromatic carbocycles. The smallest absolute Gasteiger partial charge is 0.340 e. The van der Waals surface area contributed by atoms with E-state index in [4.69, 9.17) is 9.47 Å². The lowest BCUT2D eigenvalue weighted by Crippen LogP contribution is -2.08. The SMILES string of the molecule is COC(=O)c1cc(C(=O)c2ccccc2OC)n2ncc3ccccc3c12. The van der Waals surface area contributed by atoms with Crippen molar-refractivity contribution < 1.29 is 19.1 Å². The van der Waals surface area contributed by atoms with Crippen LogP contribution in [0.4, 0.5) is 0 Å². The Morgan fingerprint density at radius 3 is 2.48 bits per heavy atom. The van der Waals surface area contributed by atoms with Crippen molar-refractivity contribution >= 4 is 28.0 Å². The van der Waals surface area contributed by atoms with E-state index in [9.17, 15) is 9.59 Å². The Morgan fingerprint density at radius 1 is 0.963 bits per heavy atom. The topological polar surface area (TPSA) is 69.9 Å². The molecule has 0 N–H and O–H groups in total. The fraction of sp³-hybridized carbons (Fsp3) is 0.0952. The van der Waals surface area contributed by atoms with E-state index in [0.717, 1.165) is 10.8 Å². The summed E-state index contributed by atoms with van der Waals surface area (Å²) in [6.45, 7) is 0. The molecule has 0 aliphatic carbocycles. The Bertz CT molecular complexity index is 1190. The number of para-hydroxylation sites is 1.